The van der Waals surface area contributed by atoms with Crippen molar-refractivity contribution in [2.24, 2.45) is 0 Å². The van der Waals surface area contributed by atoms with Gasteiger partial charge in [-0.3, -0.25) is 0 Å². The van der Waals surface area contributed by atoms with Gasteiger partial charge in [-0.2, -0.15) is 0 Å². The smallest absolute Gasteiger partial charge is 0.149 e. The molecule has 1 aromatic rings. The second-order valence-corrected chi connectivity index (χ2v) is 2.00. The van der Waals surface area contributed by atoms with Crippen molar-refractivity contribution in [1.82, 2.24) is 0 Å². The highest BCUT2D eigenvalue weighted by atomic mass is 35.5. The molecule has 0 bridgehead atoms. The maximum absolute atomic E-state index is 5.13. The van der Waals surface area contributed by atoms with Gasteiger partial charge in [-0.25, -0.2) is 0 Å². The summed E-state index contributed by atoms with van der Waals surface area (Å²) in [6.45, 7) is 1.94. The van der Waals surface area contributed by atoms with Gasteiger partial charge in [-0.1, -0.05) is 18.2 Å². The van der Waals surface area contributed by atoms with Crippen molar-refractivity contribution in [3.63, 3.8) is 0 Å². The Balaban J connectivity index is 3.01. The molecule has 0 aromatic heterocycles. The summed E-state index contributed by atoms with van der Waals surface area (Å²) in [4.78, 5) is 0. The van der Waals surface area contributed by atoms with Crippen LogP contribution < -0.4 is 4.29 Å². The lowest BCUT2D eigenvalue weighted by molar-refractivity contribution is 0.613. The summed E-state index contributed by atoms with van der Waals surface area (Å²) >= 11 is 5.13. The summed E-state index contributed by atoms with van der Waals surface area (Å²) in [5.41, 5.74) is 1.05. The molecule has 9 heavy (non-hydrogen) atoms. The van der Waals surface area contributed by atoms with Gasteiger partial charge in [-0.05, 0) is 18.6 Å². The van der Waals surface area contributed by atoms with Crippen LogP contribution in [0.15, 0.2) is 24.3 Å². The van der Waals surface area contributed by atoms with E-state index in [-0.39, 0.29) is 0 Å². The van der Waals surface area contributed by atoms with Crippen LogP contribution in [0.25, 0.3) is 0 Å². The van der Waals surface area contributed by atoms with Crippen molar-refractivity contribution in [3.05, 3.63) is 29.8 Å². The number of aryl methyl sites for hydroxylation is 1. The van der Waals surface area contributed by atoms with Crippen LogP contribution >= 0.6 is 11.9 Å². The minimum atomic E-state index is 0.721. The van der Waals surface area contributed by atoms with Crippen LogP contribution in [0.5, 0.6) is 5.75 Å². The number of hydrogen-bond acceptors (Lipinski definition) is 1. The molecule has 0 atom stereocenters. The highest BCUT2D eigenvalue weighted by Gasteiger charge is 1.92. The molecule has 0 saturated heterocycles. The summed E-state index contributed by atoms with van der Waals surface area (Å²) in [5.74, 6) is 0.721. The SMILES string of the molecule is Cc1ccccc1OCl. The van der Waals surface area contributed by atoms with Crippen LogP contribution in [-0.4, -0.2) is 0 Å². The van der Waals surface area contributed by atoms with E-state index < -0.39 is 0 Å². The van der Waals surface area contributed by atoms with E-state index in [2.05, 4.69) is 4.29 Å². The first-order valence-corrected chi connectivity index (χ1v) is 2.99. The fourth-order valence-electron chi connectivity index (χ4n) is 0.643. The predicted octanol–water partition coefficient (Wildman–Crippen LogP) is 2.53. The Kier molecular flexibility index (Phi) is 1.96. The lowest BCUT2D eigenvalue weighted by atomic mass is 10.2. The van der Waals surface area contributed by atoms with Gasteiger partial charge >= 0.3 is 0 Å². The Morgan fingerprint density at radius 3 is 2.44 bits per heavy atom. The molecule has 2 heteroatoms. The molecular formula is C7H7ClO. The molecule has 0 aliphatic rings. The lowest BCUT2D eigenvalue weighted by Crippen LogP contribution is -1.77. The minimum absolute atomic E-state index is 0.721. The van der Waals surface area contributed by atoms with E-state index in [1.54, 1.807) is 0 Å². The Morgan fingerprint density at radius 2 is 2.00 bits per heavy atom. The van der Waals surface area contributed by atoms with E-state index in [1.807, 2.05) is 31.2 Å². The Morgan fingerprint density at radius 1 is 1.33 bits per heavy atom. The van der Waals surface area contributed by atoms with Gasteiger partial charge in [0.25, 0.3) is 0 Å². The molecule has 0 N–H and O–H groups in total. The molecule has 0 radical (unpaired) electrons. The number of para-hydroxylation sites is 1. The van der Waals surface area contributed by atoms with Crippen molar-refractivity contribution in [2.75, 3.05) is 0 Å². The number of halogens is 1. The van der Waals surface area contributed by atoms with E-state index in [0.29, 0.717) is 0 Å². The molecule has 1 rings (SSSR count). The predicted molar refractivity (Wildman–Crippen MR) is 37.7 cm³/mol. The van der Waals surface area contributed by atoms with Crippen molar-refractivity contribution in [1.29, 1.82) is 0 Å². The number of hydrogen-bond donors (Lipinski definition) is 0. The van der Waals surface area contributed by atoms with Crippen molar-refractivity contribution in [2.45, 2.75) is 6.92 Å². The molecule has 0 aliphatic heterocycles. The Labute approximate surface area is 59.4 Å². The monoisotopic (exact) mass is 142 g/mol. The molecule has 0 aliphatic carbocycles. The molecule has 0 heterocycles. The van der Waals surface area contributed by atoms with Gasteiger partial charge in [0.1, 0.15) is 17.6 Å². The van der Waals surface area contributed by atoms with E-state index >= 15 is 0 Å². The van der Waals surface area contributed by atoms with Gasteiger partial charge in [0.2, 0.25) is 0 Å². The first-order valence-electron chi connectivity index (χ1n) is 2.69. The summed E-state index contributed by atoms with van der Waals surface area (Å²) in [5, 5.41) is 0. The van der Waals surface area contributed by atoms with Gasteiger partial charge < -0.3 is 4.29 Å². The Bertz CT molecular complexity index is 198. The van der Waals surface area contributed by atoms with Crippen LogP contribution in [0.4, 0.5) is 0 Å². The van der Waals surface area contributed by atoms with Crippen molar-refractivity contribution in [3.8, 4) is 5.75 Å². The van der Waals surface area contributed by atoms with Crippen LogP contribution in [0.1, 0.15) is 5.56 Å². The molecule has 0 amide bonds. The van der Waals surface area contributed by atoms with E-state index in [4.69, 9.17) is 11.9 Å². The third-order valence-electron chi connectivity index (χ3n) is 1.18. The highest BCUT2D eigenvalue weighted by Crippen LogP contribution is 2.16. The zero-order chi connectivity index (χ0) is 6.69. The first kappa shape index (κ1) is 6.43. The van der Waals surface area contributed by atoms with Gasteiger partial charge in [-0.15, -0.1) is 0 Å². The maximum atomic E-state index is 5.13. The molecule has 0 saturated carbocycles. The third kappa shape index (κ3) is 1.36. The summed E-state index contributed by atoms with van der Waals surface area (Å²) in [7, 11) is 0. The topological polar surface area (TPSA) is 9.23 Å². The standard InChI is InChI=1S/C7H7ClO/c1-6-4-2-3-5-7(6)9-8/h2-5H,1H3. The normalized spacial score (nSPS) is 9.11. The molecule has 0 fully saturated rings. The fraction of sp³-hybridized carbons (Fsp3) is 0.143. The molecular weight excluding hydrogens is 136 g/mol. The zero-order valence-electron chi connectivity index (χ0n) is 5.10. The molecule has 0 unspecified atom stereocenters. The lowest BCUT2D eigenvalue weighted by Gasteiger charge is -1.97. The van der Waals surface area contributed by atoms with Crippen LogP contribution in [0, 0.1) is 6.92 Å². The highest BCUT2D eigenvalue weighted by molar-refractivity contribution is 6.09. The summed E-state index contributed by atoms with van der Waals surface area (Å²) in [6.07, 6.45) is 0. The van der Waals surface area contributed by atoms with Gasteiger partial charge in [0.05, 0.1) is 0 Å². The Hall–Kier alpha value is -0.690. The van der Waals surface area contributed by atoms with Crippen LogP contribution in [0.2, 0.25) is 0 Å². The van der Waals surface area contributed by atoms with Crippen molar-refractivity contribution < 1.29 is 4.29 Å². The summed E-state index contributed by atoms with van der Waals surface area (Å²) < 4.78 is 4.52. The van der Waals surface area contributed by atoms with E-state index in [1.165, 1.54) is 0 Å². The molecule has 0 spiro atoms. The maximum Gasteiger partial charge on any atom is 0.149 e. The van der Waals surface area contributed by atoms with Gasteiger partial charge in [0, 0.05) is 0 Å². The zero-order valence-corrected chi connectivity index (χ0v) is 5.85. The first-order chi connectivity index (χ1) is 4.34. The average molecular weight is 143 g/mol. The number of benzene rings is 1. The average Bonchev–Trinajstić information content (AvgIpc) is 1.89. The number of rotatable bonds is 1. The van der Waals surface area contributed by atoms with E-state index in [9.17, 15) is 0 Å². The van der Waals surface area contributed by atoms with E-state index in [0.717, 1.165) is 11.3 Å². The second kappa shape index (κ2) is 2.74. The molecule has 1 aromatic carbocycles. The van der Waals surface area contributed by atoms with Crippen LogP contribution in [-0.2, 0) is 0 Å². The largest absolute Gasteiger partial charge is 0.385 e. The minimum Gasteiger partial charge on any atom is -0.385 e. The fourth-order valence-corrected chi connectivity index (χ4v) is 0.816. The second-order valence-electron chi connectivity index (χ2n) is 1.84. The summed E-state index contributed by atoms with van der Waals surface area (Å²) in [6, 6.07) is 7.58. The van der Waals surface area contributed by atoms with Crippen molar-refractivity contribution >= 4 is 11.9 Å². The molecule has 48 valence electrons. The molecule has 1 nitrogen and oxygen atoms in total. The van der Waals surface area contributed by atoms with Crippen LogP contribution in [0.3, 0.4) is 0 Å². The quantitative estimate of drug-likeness (QED) is 0.586. The third-order valence-corrected chi connectivity index (χ3v) is 1.34. The van der Waals surface area contributed by atoms with Gasteiger partial charge in [0.15, 0.2) is 0 Å².